The van der Waals surface area contributed by atoms with Crippen LogP contribution in [0.2, 0.25) is 4.34 Å². The largest absolute Gasteiger partial charge is 0.467 e. The third-order valence-corrected chi connectivity index (χ3v) is 9.23. The summed E-state index contributed by atoms with van der Waals surface area (Å²) in [5.41, 5.74) is -0.182. The Hall–Kier alpha value is -2.74. The summed E-state index contributed by atoms with van der Waals surface area (Å²) >= 11 is 7.13. The van der Waals surface area contributed by atoms with Gasteiger partial charge in [0.15, 0.2) is 0 Å². The quantitative estimate of drug-likeness (QED) is 0.459. The number of aromatic nitrogens is 2. The highest BCUT2D eigenvalue weighted by Crippen LogP contribution is 2.26. The van der Waals surface area contributed by atoms with E-state index in [1.165, 1.54) is 40.2 Å². The first-order valence-electron chi connectivity index (χ1n) is 11.7. The predicted octanol–water partition coefficient (Wildman–Crippen LogP) is 1.40. The molecule has 1 atom stereocenters. The number of aryl methyl sites for hydroxylation is 1. The summed E-state index contributed by atoms with van der Waals surface area (Å²) < 4.78 is 33.6. The van der Waals surface area contributed by atoms with Gasteiger partial charge in [0.1, 0.15) is 11.9 Å². The molecule has 2 aliphatic heterocycles. The molecule has 200 valence electrons. The van der Waals surface area contributed by atoms with E-state index in [2.05, 4.69) is 10.00 Å². The Labute approximate surface area is 223 Å². The summed E-state index contributed by atoms with van der Waals surface area (Å²) in [4.78, 5) is 41.5. The van der Waals surface area contributed by atoms with E-state index in [0.717, 1.165) is 22.6 Å². The molecule has 0 unspecified atom stereocenters. The Bertz CT molecular complexity index is 1350. The van der Waals surface area contributed by atoms with E-state index in [0.29, 0.717) is 34.7 Å². The van der Waals surface area contributed by atoms with E-state index < -0.39 is 27.9 Å². The summed E-state index contributed by atoms with van der Waals surface area (Å²) in [7, 11) is -1.14. The molecule has 0 aliphatic carbocycles. The van der Waals surface area contributed by atoms with Gasteiger partial charge in [-0.2, -0.15) is 9.40 Å². The summed E-state index contributed by atoms with van der Waals surface area (Å²) in [5.74, 6) is -0.277. The van der Waals surface area contributed by atoms with Gasteiger partial charge in [0.2, 0.25) is 15.9 Å². The second-order valence-electron chi connectivity index (χ2n) is 8.95. The van der Waals surface area contributed by atoms with Crippen molar-refractivity contribution in [2.75, 3.05) is 44.7 Å². The Balaban J connectivity index is 1.42. The number of rotatable bonds is 7. The van der Waals surface area contributed by atoms with Crippen LogP contribution < -0.4 is 10.5 Å². The highest BCUT2D eigenvalue weighted by Gasteiger charge is 2.42. The zero-order valence-corrected chi connectivity index (χ0v) is 22.8. The van der Waals surface area contributed by atoms with Crippen LogP contribution in [0, 0.1) is 5.92 Å². The topological polar surface area (TPSA) is 122 Å². The molecule has 1 amide bonds. The first-order valence-corrected chi connectivity index (χ1v) is 14.4. The molecule has 0 radical (unpaired) electrons. The number of anilines is 1. The molecular weight excluding hydrogens is 542 g/mol. The predicted molar refractivity (Wildman–Crippen MR) is 141 cm³/mol. The summed E-state index contributed by atoms with van der Waals surface area (Å²) in [6, 6.07) is 5.50. The monoisotopic (exact) mass is 569 g/mol. The molecule has 0 N–H and O–H groups in total. The van der Waals surface area contributed by atoms with Crippen molar-refractivity contribution in [2.24, 2.45) is 13.0 Å². The average Bonchev–Trinajstić information content (AvgIpc) is 3.30. The van der Waals surface area contributed by atoms with Gasteiger partial charge in [-0.3, -0.25) is 9.59 Å². The van der Waals surface area contributed by atoms with Crippen molar-refractivity contribution < 1.29 is 22.7 Å². The van der Waals surface area contributed by atoms with Crippen molar-refractivity contribution in [3.63, 3.8) is 0 Å². The highest BCUT2D eigenvalue weighted by atomic mass is 35.5. The SMILES string of the molecule is COC(=O)[C@H]1CN(S(=O)(=O)/C=C/c2ccc(Cl)s2)CC(=O)N1CC1CCN(c2ccc(=O)n(C)n2)CC1. The van der Waals surface area contributed by atoms with E-state index in [1.54, 1.807) is 25.2 Å². The molecule has 2 fully saturated rings. The first kappa shape index (κ1) is 27.3. The summed E-state index contributed by atoms with van der Waals surface area (Å²) in [6.45, 7) is 1.14. The number of sulfonamides is 1. The number of hydrogen-bond donors (Lipinski definition) is 0. The standard InChI is InChI=1S/C23H28ClN5O6S2/c1-26-21(30)6-5-20(25-26)27-10-7-16(8-11-27)13-29-18(23(32)35-2)14-28(15-22(29)31)37(33,34)12-9-17-3-4-19(24)36-17/h3-6,9,12,16,18H,7-8,10-11,13-15H2,1-2H3/b12-9+/t18-/m1/s1. The number of carbonyl (C=O) groups is 2. The van der Waals surface area contributed by atoms with Crippen molar-refractivity contribution in [1.82, 2.24) is 19.0 Å². The van der Waals surface area contributed by atoms with Crippen molar-refractivity contribution in [1.29, 1.82) is 0 Å². The number of thiophene rings is 1. The van der Waals surface area contributed by atoms with E-state index in [9.17, 15) is 22.8 Å². The van der Waals surface area contributed by atoms with Crippen LogP contribution in [0.15, 0.2) is 34.5 Å². The number of esters is 1. The maximum atomic E-state index is 13.1. The molecule has 0 spiro atoms. The molecule has 0 aromatic carbocycles. The number of piperidine rings is 1. The Morgan fingerprint density at radius 1 is 1.22 bits per heavy atom. The van der Waals surface area contributed by atoms with Gasteiger partial charge in [-0.15, -0.1) is 11.3 Å². The molecule has 2 saturated heterocycles. The van der Waals surface area contributed by atoms with Gasteiger partial charge in [0, 0.05) is 49.6 Å². The van der Waals surface area contributed by atoms with Gasteiger partial charge in [-0.25, -0.2) is 17.9 Å². The van der Waals surface area contributed by atoms with Crippen LogP contribution in [0.1, 0.15) is 17.7 Å². The van der Waals surface area contributed by atoms with E-state index in [1.807, 2.05) is 0 Å². The molecule has 2 aliphatic rings. The second-order valence-corrected chi connectivity index (χ2v) is 12.5. The number of carbonyl (C=O) groups excluding carboxylic acids is 2. The van der Waals surface area contributed by atoms with Crippen LogP contribution in [0.5, 0.6) is 0 Å². The van der Waals surface area contributed by atoms with Crippen molar-refractivity contribution in [2.45, 2.75) is 18.9 Å². The normalized spacial score (nSPS) is 20.1. The Kier molecular flexibility index (Phi) is 8.36. The molecule has 37 heavy (non-hydrogen) atoms. The van der Waals surface area contributed by atoms with Gasteiger partial charge in [0.05, 0.1) is 18.0 Å². The molecule has 4 heterocycles. The number of hydrogen-bond acceptors (Lipinski definition) is 9. The lowest BCUT2D eigenvalue weighted by Crippen LogP contribution is -2.61. The lowest BCUT2D eigenvalue weighted by atomic mass is 9.95. The fourth-order valence-electron chi connectivity index (χ4n) is 4.47. The number of piperazine rings is 1. The minimum absolute atomic E-state index is 0.117. The maximum absolute atomic E-state index is 13.1. The highest BCUT2D eigenvalue weighted by molar-refractivity contribution is 7.92. The van der Waals surface area contributed by atoms with E-state index in [4.69, 9.17) is 16.3 Å². The molecule has 11 nitrogen and oxygen atoms in total. The number of methoxy groups -OCH3 is 1. The molecule has 14 heteroatoms. The van der Waals surface area contributed by atoms with E-state index in [-0.39, 0.29) is 24.6 Å². The van der Waals surface area contributed by atoms with Crippen LogP contribution >= 0.6 is 22.9 Å². The van der Waals surface area contributed by atoms with Crippen LogP contribution in [-0.2, 0) is 31.4 Å². The zero-order valence-electron chi connectivity index (χ0n) is 20.4. The first-order chi connectivity index (χ1) is 17.6. The van der Waals surface area contributed by atoms with Crippen molar-refractivity contribution in [3.8, 4) is 0 Å². The maximum Gasteiger partial charge on any atom is 0.329 e. The van der Waals surface area contributed by atoms with Gasteiger partial charge in [-0.1, -0.05) is 11.6 Å². The summed E-state index contributed by atoms with van der Waals surface area (Å²) in [5, 5.41) is 5.32. The number of ether oxygens (including phenoxy) is 1. The van der Waals surface area contributed by atoms with Crippen molar-refractivity contribution >= 4 is 56.7 Å². The Morgan fingerprint density at radius 2 is 1.95 bits per heavy atom. The second kappa shape index (κ2) is 11.3. The fourth-order valence-corrected chi connectivity index (χ4v) is 6.65. The molecular formula is C23H28ClN5O6S2. The number of amides is 1. The van der Waals surface area contributed by atoms with Gasteiger partial charge in [-0.05, 0) is 43.0 Å². The third kappa shape index (κ3) is 6.40. The minimum atomic E-state index is -3.96. The minimum Gasteiger partial charge on any atom is -0.467 e. The summed E-state index contributed by atoms with van der Waals surface area (Å²) in [6.07, 6.45) is 2.91. The number of nitrogens with zero attached hydrogens (tertiary/aromatic N) is 5. The lowest BCUT2D eigenvalue weighted by Gasteiger charge is -2.41. The molecule has 4 rings (SSSR count). The van der Waals surface area contributed by atoms with Gasteiger partial charge in [0.25, 0.3) is 5.56 Å². The van der Waals surface area contributed by atoms with Crippen LogP contribution in [-0.4, -0.2) is 85.2 Å². The molecule has 0 bridgehead atoms. The van der Waals surface area contributed by atoms with Crippen LogP contribution in [0.25, 0.3) is 6.08 Å². The average molecular weight is 570 g/mol. The Morgan fingerprint density at radius 3 is 2.57 bits per heavy atom. The van der Waals surface area contributed by atoms with Crippen molar-refractivity contribution in [3.05, 3.63) is 49.2 Å². The fraction of sp³-hybridized carbons (Fsp3) is 0.478. The molecule has 2 aromatic heterocycles. The van der Waals surface area contributed by atoms with Gasteiger partial charge < -0.3 is 14.5 Å². The van der Waals surface area contributed by atoms with Crippen LogP contribution in [0.4, 0.5) is 5.82 Å². The molecule has 2 aromatic rings. The smallest absolute Gasteiger partial charge is 0.329 e. The molecule has 0 saturated carbocycles. The zero-order chi connectivity index (χ0) is 26.7. The number of halogens is 1. The van der Waals surface area contributed by atoms with E-state index >= 15 is 0 Å². The third-order valence-electron chi connectivity index (χ3n) is 6.56. The van der Waals surface area contributed by atoms with Gasteiger partial charge >= 0.3 is 5.97 Å². The lowest BCUT2D eigenvalue weighted by molar-refractivity contribution is -0.157. The van der Waals surface area contributed by atoms with Crippen LogP contribution in [0.3, 0.4) is 0 Å².